The lowest BCUT2D eigenvalue weighted by Gasteiger charge is -2.20. The predicted octanol–water partition coefficient (Wildman–Crippen LogP) is 17.3. The summed E-state index contributed by atoms with van der Waals surface area (Å²) >= 11 is 0. The molecule has 14 nitrogen and oxygen atoms in total. The minimum Gasteiger partial charge on any atom is -0.307 e. The van der Waals surface area contributed by atoms with Crippen molar-refractivity contribution in [3.63, 3.8) is 0 Å². The van der Waals surface area contributed by atoms with Crippen LogP contribution in [0.2, 0.25) is 0 Å². The number of aryl methyl sites for hydroxylation is 2. The lowest BCUT2D eigenvalue weighted by Crippen LogP contribution is -2.07. The Hall–Kier alpha value is -13.0. The number of benzene rings is 9. The van der Waals surface area contributed by atoms with E-state index >= 15 is 0 Å². The van der Waals surface area contributed by atoms with Gasteiger partial charge in [-0.05, 0) is 119 Å². The maximum absolute atomic E-state index is 11.4. The first-order valence-electron chi connectivity index (χ1n) is 25.1. The summed E-state index contributed by atoms with van der Waals surface area (Å²) in [5, 5.41) is 44.8. The molecule has 0 unspecified atom stereocenters. The molecule has 0 aliphatic rings. The summed E-state index contributed by atoms with van der Waals surface area (Å²) in [7, 11) is 0. The molecular formula is C68H32N14. The van der Waals surface area contributed by atoms with Crippen molar-refractivity contribution in [2.75, 3.05) is 0 Å². The van der Waals surface area contributed by atoms with Crippen LogP contribution in [0.15, 0.2) is 158 Å². The van der Waals surface area contributed by atoms with Gasteiger partial charge in [-0.25, -0.2) is 39.2 Å². The Kier molecular flexibility index (Phi) is 12.1. The van der Waals surface area contributed by atoms with Crippen LogP contribution in [0.5, 0.6) is 0 Å². The monoisotopic (exact) mass is 1040 g/mol. The molecule has 0 aliphatic heterocycles. The average molecular weight is 1050 g/mol. The van der Waals surface area contributed by atoms with E-state index in [1.165, 1.54) is 0 Å². The Labute approximate surface area is 469 Å². The van der Waals surface area contributed by atoms with Crippen LogP contribution < -0.4 is 0 Å². The third-order valence-corrected chi connectivity index (χ3v) is 14.6. The second-order valence-corrected chi connectivity index (χ2v) is 19.1. The molecule has 12 rings (SSSR count). The zero-order valence-corrected chi connectivity index (χ0v) is 43.3. The van der Waals surface area contributed by atoms with Gasteiger partial charge in [-0.15, -0.1) is 0 Å². The SMILES string of the molecule is [C-]#[N+]c1ccc(-c2ccc3c4ccc(-c5ccc([N+]#[C-])cc5[N+]#[C-])cc4n(-c4cc(-c5nc(C)nc(C)n5)c(C#N)cc4-n4c5cc(-c6ccc(C#N)cc6C#N)ccc5c5ccc(-c6ccc(C#N)cc6[N+]#[C-])cc54)c3c2)c([N+]#[C-])c1. The lowest BCUT2D eigenvalue weighted by molar-refractivity contribution is 0.927. The molecule has 0 atom stereocenters. The topological polar surface area (TPSA) is 165 Å². The molecule has 0 spiro atoms. The first-order chi connectivity index (χ1) is 40.0. The van der Waals surface area contributed by atoms with Gasteiger partial charge in [0.15, 0.2) is 34.3 Å². The van der Waals surface area contributed by atoms with Crippen molar-refractivity contribution in [1.29, 1.82) is 21.0 Å². The van der Waals surface area contributed by atoms with E-state index < -0.39 is 0 Å². The molecule has 374 valence electrons. The van der Waals surface area contributed by atoms with Crippen LogP contribution in [0.1, 0.15) is 33.9 Å². The molecule has 9 aromatic carbocycles. The zero-order chi connectivity index (χ0) is 56.9. The number of fused-ring (bicyclic) bond motifs is 6. The predicted molar refractivity (Wildman–Crippen MR) is 315 cm³/mol. The van der Waals surface area contributed by atoms with Crippen molar-refractivity contribution in [3.05, 3.63) is 249 Å². The van der Waals surface area contributed by atoms with Crippen LogP contribution in [0.25, 0.3) is 135 Å². The highest BCUT2D eigenvalue weighted by molar-refractivity contribution is 6.14. The average Bonchev–Trinajstić information content (AvgIpc) is 3.61. The molecule has 12 aromatic rings. The molecule has 0 bridgehead atoms. The zero-order valence-electron chi connectivity index (χ0n) is 43.3. The van der Waals surface area contributed by atoms with Gasteiger partial charge in [-0.3, -0.25) is 0 Å². The van der Waals surface area contributed by atoms with Crippen LogP contribution in [-0.4, -0.2) is 24.1 Å². The highest BCUT2D eigenvalue weighted by Crippen LogP contribution is 2.46. The maximum Gasteiger partial charge on any atom is 0.196 e. The first kappa shape index (κ1) is 49.9. The van der Waals surface area contributed by atoms with Crippen LogP contribution in [0, 0.1) is 92.0 Å². The van der Waals surface area contributed by atoms with Crippen molar-refractivity contribution < 1.29 is 0 Å². The van der Waals surface area contributed by atoms with Gasteiger partial charge in [0.2, 0.25) is 0 Å². The molecule has 3 aromatic heterocycles. The molecule has 0 amide bonds. The van der Waals surface area contributed by atoms with Crippen LogP contribution in [-0.2, 0) is 0 Å². The van der Waals surface area contributed by atoms with E-state index in [2.05, 4.69) is 62.6 Å². The van der Waals surface area contributed by atoms with Gasteiger partial charge < -0.3 is 9.13 Å². The lowest BCUT2D eigenvalue weighted by atomic mass is 9.97. The summed E-state index contributed by atoms with van der Waals surface area (Å²) in [5.41, 5.74) is 11.9. The van der Waals surface area contributed by atoms with Gasteiger partial charge in [-0.2, -0.15) is 21.0 Å². The number of nitrogens with zero attached hydrogens (tertiary/aromatic N) is 14. The Morgan fingerprint density at radius 3 is 1.15 bits per heavy atom. The summed E-state index contributed by atoms with van der Waals surface area (Å²) in [6, 6.07) is 56.4. The Morgan fingerprint density at radius 2 is 0.732 bits per heavy atom. The van der Waals surface area contributed by atoms with Gasteiger partial charge in [-0.1, -0.05) is 97.1 Å². The molecule has 0 saturated carbocycles. The number of aromatic nitrogens is 5. The van der Waals surface area contributed by atoms with Gasteiger partial charge in [0.1, 0.15) is 11.6 Å². The molecule has 0 saturated heterocycles. The van der Waals surface area contributed by atoms with Crippen molar-refractivity contribution in [2.24, 2.45) is 0 Å². The van der Waals surface area contributed by atoms with E-state index in [-0.39, 0.29) is 28.5 Å². The molecule has 82 heavy (non-hydrogen) atoms. The van der Waals surface area contributed by atoms with Crippen LogP contribution in [0.4, 0.5) is 28.4 Å². The van der Waals surface area contributed by atoms with E-state index in [0.29, 0.717) is 123 Å². The summed E-state index contributed by atoms with van der Waals surface area (Å²) in [5.74, 6) is 1.13. The second kappa shape index (κ2) is 19.9. The van der Waals surface area contributed by atoms with Crippen molar-refractivity contribution >= 4 is 72.0 Å². The second-order valence-electron chi connectivity index (χ2n) is 19.1. The highest BCUT2D eigenvalue weighted by atomic mass is 15.1. The third-order valence-electron chi connectivity index (χ3n) is 14.6. The van der Waals surface area contributed by atoms with E-state index in [1.54, 1.807) is 92.7 Å². The molecule has 14 heteroatoms. The van der Waals surface area contributed by atoms with Crippen molar-refractivity contribution in [1.82, 2.24) is 24.1 Å². The van der Waals surface area contributed by atoms with Gasteiger partial charge in [0.25, 0.3) is 0 Å². The largest absolute Gasteiger partial charge is 0.307 e. The minimum absolute atomic E-state index is 0.220. The molecular weight excluding hydrogens is 1010 g/mol. The molecule has 3 heterocycles. The fraction of sp³-hybridized carbons (Fsp3) is 0.0294. The Morgan fingerprint density at radius 1 is 0.354 bits per heavy atom. The van der Waals surface area contributed by atoms with Gasteiger partial charge in [0, 0.05) is 32.7 Å². The number of hydrogen-bond acceptors (Lipinski definition) is 7. The van der Waals surface area contributed by atoms with E-state index in [1.807, 2.05) is 78.9 Å². The molecule has 0 fully saturated rings. The fourth-order valence-corrected chi connectivity index (χ4v) is 10.9. The maximum atomic E-state index is 11.4. The van der Waals surface area contributed by atoms with E-state index in [0.717, 1.165) is 21.5 Å². The third kappa shape index (κ3) is 8.17. The fourth-order valence-electron chi connectivity index (χ4n) is 10.9. The number of hydrogen-bond donors (Lipinski definition) is 0. The van der Waals surface area contributed by atoms with Crippen molar-refractivity contribution in [2.45, 2.75) is 13.8 Å². The van der Waals surface area contributed by atoms with Crippen LogP contribution in [0.3, 0.4) is 0 Å². The molecule has 0 radical (unpaired) electrons. The first-order valence-corrected chi connectivity index (χ1v) is 25.1. The van der Waals surface area contributed by atoms with Crippen LogP contribution >= 0.6 is 0 Å². The quantitative estimate of drug-likeness (QED) is 0.143. The Balaban J connectivity index is 1.28. The minimum atomic E-state index is 0.220. The Bertz CT molecular complexity index is 4980. The number of rotatable bonds is 7. The van der Waals surface area contributed by atoms with Crippen molar-refractivity contribution in [3.8, 4) is 91.5 Å². The van der Waals surface area contributed by atoms with Gasteiger partial charge >= 0.3 is 0 Å². The summed E-state index contributed by atoms with van der Waals surface area (Å²) < 4.78 is 4.15. The molecule has 0 N–H and O–H groups in total. The van der Waals surface area contributed by atoms with E-state index in [4.69, 9.17) is 42.8 Å². The standard InChI is InChI=1S/C68H32N14/c1-38-78-39(2)80-68(79-38)58-33-67(82-64-28-44(52-22-14-48(73-3)31-60(52)76-6)12-20-56(64)57-21-13-45(29-65(57)82)53-23-15-49(74-4)32-61(53)77-7)66(30-47(58)37-72)81-62-26-42(50-16-8-40(34-69)24-46(50)36-71)10-18-54(62)55-19-11-43(27-63(55)81)51-17-9-41(35-70)25-59(51)75-5/h8-33H,1-2H3. The molecule has 0 aliphatic carbocycles. The summed E-state index contributed by atoms with van der Waals surface area (Å²) in [6.45, 7) is 43.5. The summed E-state index contributed by atoms with van der Waals surface area (Å²) in [4.78, 5) is 32.8. The highest BCUT2D eigenvalue weighted by Gasteiger charge is 2.26. The normalized spacial score (nSPS) is 10.7. The van der Waals surface area contributed by atoms with E-state index in [9.17, 15) is 21.0 Å². The summed E-state index contributed by atoms with van der Waals surface area (Å²) in [6.07, 6.45) is 0. The number of nitriles is 4. The smallest absolute Gasteiger partial charge is 0.196 e. The van der Waals surface area contributed by atoms with Gasteiger partial charge in [0.05, 0.1) is 107 Å².